The molecule has 24 heavy (non-hydrogen) atoms. The van der Waals surface area contributed by atoms with Crippen molar-refractivity contribution >= 4 is 15.8 Å². The van der Waals surface area contributed by atoms with E-state index in [-0.39, 0.29) is 0 Å². The normalized spacial score (nSPS) is 22.6. The molecular weight excluding hydrogens is 322 g/mol. The van der Waals surface area contributed by atoms with Gasteiger partial charge in [0, 0.05) is 32.4 Å². The third-order valence-corrected chi connectivity index (χ3v) is 7.57. The number of hydrogen-bond acceptors (Lipinski definition) is 4. The Morgan fingerprint density at radius 1 is 1.17 bits per heavy atom. The molecule has 0 aromatic carbocycles. The first-order valence-electron chi connectivity index (χ1n) is 9.27. The van der Waals surface area contributed by atoms with Crippen LogP contribution >= 0.6 is 0 Å². The number of hydrogen-bond donors (Lipinski definition) is 0. The van der Waals surface area contributed by atoms with Crippen molar-refractivity contribution < 1.29 is 8.42 Å². The summed E-state index contributed by atoms with van der Waals surface area (Å²) in [6.07, 6.45) is 7.12. The zero-order valence-electron chi connectivity index (χ0n) is 14.8. The van der Waals surface area contributed by atoms with E-state index < -0.39 is 10.0 Å². The van der Waals surface area contributed by atoms with E-state index in [0.717, 1.165) is 43.6 Å². The first kappa shape index (κ1) is 17.7. The molecule has 0 N–H and O–H groups in total. The molecule has 2 aliphatic heterocycles. The summed E-state index contributed by atoms with van der Waals surface area (Å²) in [7, 11) is -3.36. The lowest BCUT2D eigenvalue weighted by Crippen LogP contribution is -2.28. The van der Waals surface area contributed by atoms with Crippen LogP contribution in [0.2, 0.25) is 0 Å². The Hall–Kier alpha value is -1.14. The summed E-state index contributed by atoms with van der Waals surface area (Å²) in [5.74, 6) is 2.42. The van der Waals surface area contributed by atoms with Gasteiger partial charge in [-0.05, 0) is 43.2 Å². The minimum absolute atomic E-state index is 0.323. The van der Waals surface area contributed by atoms with E-state index in [1.54, 1.807) is 10.4 Å². The Labute approximate surface area is 146 Å². The van der Waals surface area contributed by atoms with Crippen LogP contribution in [0.25, 0.3) is 0 Å². The van der Waals surface area contributed by atoms with E-state index in [0.29, 0.717) is 18.0 Å². The van der Waals surface area contributed by atoms with Crippen molar-refractivity contribution in [2.75, 3.05) is 31.1 Å². The fraction of sp³-hybridized carbons (Fsp3) is 0.722. The molecule has 1 atom stereocenters. The monoisotopic (exact) mass is 351 g/mol. The summed E-state index contributed by atoms with van der Waals surface area (Å²) in [6, 6.07) is 3.60. The molecule has 6 heteroatoms. The van der Waals surface area contributed by atoms with E-state index in [1.165, 1.54) is 25.5 Å². The second-order valence-electron chi connectivity index (χ2n) is 7.03. The predicted molar refractivity (Wildman–Crippen MR) is 96.6 cm³/mol. The highest BCUT2D eigenvalue weighted by molar-refractivity contribution is 7.89. The van der Waals surface area contributed by atoms with Crippen LogP contribution in [0.4, 0.5) is 5.82 Å². The molecular formula is C18H29N3O2S. The molecule has 1 unspecified atom stereocenters. The van der Waals surface area contributed by atoms with E-state index in [2.05, 4.69) is 23.7 Å². The molecule has 5 nitrogen and oxygen atoms in total. The van der Waals surface area contributed by atoms with Crippen molar-refractivity contribution in [3.63, 3.8) is 0 Å². The van der Waals surface area contributed by atoms with Gasteiger partial charge >= 0.3 is 0 Å². The van der Waals surface area contributed by atoms with Crippen LogP contribution in [0.3, 0.4) is 0 Å². The molecule has 134 valence electrons. The maximum atomic E-state index is 12.6. The molecule has 2 fully saturated rings. The summed E-state index contributed by atoms with van der Waals surface area (Å²) >= 11 is 0. The highest BCUT2D eigenvalue weighted by atomic mass is 32.2. The molecule has 1 aromatic heterocycles. The van der Waals surface area contributed by atoms with Crippen molar-refractivity contribution in [2.24, 2.45) is 11.8 Å². The highest BCUT2D eigenvalue weighted by Gasteiger charge is 2.30. The number of sulfonamides is 1. The van der Waals surface area contributed by atoms with Gasteiger partial charge in [-0.15, -0.1) is 0 Å². The number of pyridine rings is 1. The summed E-state index contributed by atoms with van der Waals surface area (Å²) < 4.78 is 26.7. The van der Waals surface area contributed by atoms with E-state index in [9.17, 15) is 8.42 Å². The number of aromatic nitrogens is 1. The van der Waals surface area contributed by atoms with Gasteiger partial charge < -0.3 is 4.90 Å². The van der Waals surface area contributed by atoms with Crippen LogP contribution in [0.5, 0.6) is 0 Å². The quantitative estimate of drug-likeness (QED) is 0.790. The number of nitrogens with zero attached hydrogens (tertiary/aromatic N) is 3. The molecule has 0 radical (unpaired) electrons. The molecule has 0 spiro atoms. The first-order valence-corrected chi connectivity index (χ1v) is 10.7. The molecule has 0 aliphatic carbocycles. The van der Waals surface area contributed by atoms with Gasteiger partial charge in [0.2, 0.25) is 10.0 Å². The maximum absolute atomic E-state index is 12.6. The van der Waals surface area contributed by atoms with Gasteiger partial charge in [-0.1, -0.05) is 26.7 Å². The van der Waals surface area contributed by atoms with Crippen LogP contribution in [0, 0.1) is 11.8 Å². The lowest BCUT2D eigenvalue weighted by Gasteiger charge is -2.22. The molecule has 2 aliphatic rings. The Balaban J connectivity index is 1.69. The summed E-state index contributed by atoms with van der Waals surface area (Å²) in [5, 5.41) is 0. The first-order chi connectivity index (χ1) is 11.6. The van der Waals surface area contributed by atoms with Crippen molar-refractivity contribution in [3.8, 4) is 0 Å². The van der Waals surface area contributed by atoms with Crippen LogP contribution in [0.1, 0.15) is 46.0 Å². The standard InChI is InChI=1S/C18H29N3O2S/c1-3-15(4-2)16-9-12-20(14-16)18-8-7-17(13-19-18)24(22,23)21-10-5-6-11-21/h7-8,13,15-16H,3-6,9-12,14H2,1-2H3. The Morgan fingerprint density at radius 2 is 1.88 bits per heavy atom. The lowest BCUT2D eigenvalue weighted by molar-refractivity contribution is 0.339. The lowest BCUT2D eigenvalue weighted by atomic mass is 9.87. The predicted octanol–water partition coefficient (Wildman–Crippen LogP) is 3.13. The molecule has 3 heterocycles. The second kappa shape index (κ2) is 7.40. The van der Waals surface area contributed by atoms with E-state index in [4.69, 9.17) is 0 Å². The third-order valence-electron chi connectivity index (χ3n) is 5.69. The van der Waals surface area contributed by atoms with Gasteiger partial charge in [0.05, 0.1) is 0 Å². The number of rotatable bonds is 6. The molecule has 2 saturated heterocycles. The average molecular weight is 352 g/mol. The van der Waals surface area contributed by atoms with Gasteiger partial charge in [0.25, 0.3) is 0 Å². The highest BCUT2D eigenvalue weighted by Crippen LogP contribution is 2.31. The molecule has 1 aromatic rings. The fourth-order valence-corrected chi connectivity index (χ4v) is 5.59. The van der Waals surface area contributed by atoms with E-state index in [1.807, 2.05) is 6.07 Å². The second-order valence-corrected chi connectivity index (χ2v) is 8.97. The topological polar surface area (TPSA) is 53.5 Å². The smallest absolute Gasteiger partial charge is 0.244 e. The van der Waals surface area contributed by atoms with Gasteiger partial charge in [-0.2, -0.15) is 4.31 Å². The van der Waals surface area contributed by atoms with Crippen LogP contribution in [-0.4, -0.2) is 43.9 Å². The minimum Gasteiger partial charge on any atom is -0.356 e. The summed E-state index contributed by atoms with van der Waals surface area (Å²) in [4.78, 5) is 7.09. The fourth-order valence-electron chi connectivity index (χ4n) is 4.13. The van der Waals surface area contributed by atoms with Gasteiger partial charge in [-0.3, -0.25) is 0 Å². The Morgan fingerprint density at radius 3 is 2.46 bits per heavy atom. The molecule has 0 bridgehead atoms. The zero-order chi connectivity index (χ0) is 17.2. The average Bonchev–Trinajstić information content (AvgIpc) is 3.29. The third kappa shape index (κ3) is 3.45. The Bertz CT molecular complexity index is 635. The maximum Gasteiger partial charge on any atom is 0.244 e. The van der Waals surface area contributed by atoms with Crippen molar-refractivity contribution in [1.29, 1.82) is 0 Å². The molecule has 0 amide bonds. The summed E-state index contributed by atoms with van der Waals surface area (Å²) in [6.45, 7) is 7.87. The Kier molecular flexibility index (Phi) is 5.45. The SMILES string of the molecule is CCC(CC)C1CCN(c2ccc(S(=O)(=O)N3CCCC3)cn2)C1. The number of anilines is 1. The zero-order valence-corrected chi connectivity index (χ0v) is 15.6. The molecule has 0 saturated carbocycles. The van der Waals surface area contributed by atoms with Crippen LogP contribution < -0.4 is 4.90 Å². The van der Waals surface area contributed by atoms with Gasteiger partial charge in [0.15, 0.2) is 0 Å². The largest absolute Gasteiger partial charge is 0.356 e. The van der Waals surface area contributed by atoms with Crippen molar-refractivity contribution in [3.05, 3.63) is 18.3 Å². The van der Waals surface area contributed by atoms with E-state index >= 15 is 0 Å². The minimum atomic E-state index is -3.36. The van der Waals surface area contributed by atoms with Crippen LogP contribution in [-0.2, 0) is 10.0 Å². The molecule has 3 rings (SSSR count). The van der Waals surface area contributed by atoms with Crippen LogP contribution in [0.15, 0.2) is 23.2 Å². The van der Waals surface area contributed by atoms with Gasteiger partial charge in [0.1, 0.15) is 10.7 Å². The van der Waals surface area contributed by atoms with Crippen molar-refractivity contribution in [2.45, 2.75) is 50.8 Å². The summed E-state index contributed by atoms with van der Waals surface area (Å²) in [5.41, 5.74) is 0. The van der Waals surface area contributed by atoms with Crippen molar-refractivity contribution in [1.82, 2.24) is 9.29 Å². The van der Waals surface area contributed by atoms with Gasteiger partial charge in [-0.25, -0.2) is 13.4 Å².